The lowest BCUT2D eigenvalue weighted by Gasteiger charge is -2.38. The molecule has 0 aromatic heterocycles. The van der Waals surface area contributed by atoms with Crippen molar-refractivity contribution in [1.29, 1.82) is 0 Å². The van der Waals surface area contributed by atoms with Crippen LogP contribution in [0.1, 0.15) is 70.3 Å². The zero-order valence-electron chi connectivity index (χ0n) is 18.7. The van der Waals surface area contributed by atoms with Gasteiger partial charge in [-0.25, -0.2) is 0 Å². The molecule has 1 aliphatic carbocycles. The molecular weight excluding hydrogens is 360 g/mol. The molecule has 1 aliphatic rings. The molecule has 0 heterocycles. The Bertz CT molecular complexity index is 904. The lowest BCUT2D eigenvalue weighted by atomic mass is 9.67. The topological polar surface area (TPSA) is 0 Å². The van der Waals surface area contributed by atoms with Gasteiger partial charge in [0.2, 0.25) is 0 Å². The highest BCUT2D eigenvalue weighted by Gasteiger charge is 2.32. The first-order chi connectivity index (χ1) is 14.8. The van der Waals surface area contributed by atoms with Crippen molar-refractivity contribution < 1.29 is 0 Å². The molecular formula is C30H36. The Morgan fingerprint density at radius 1 is 0.700 bits per heavy atom. The van der Waals surface area contributed by atoms with E-state index in [-0.39, 0.29) is 0 Å². The highest BCUT2D eigenvalue weighted by atomic mass is 14.4. The van der Waals surface area contributed by atoms with E-state index in [4.69, 9.17) is 0 Å². The third-order valence-corrected chi connectivity index (χ3v) is 7.25. The minimum atomic E-state index is 0.673. The molecule has 3 unspecified atom stereocenters. The van der Waals surface area contributed by atoms with Crippen LogP contribution >= 0.6 is 0 Å². The van der Waals surface area contributed by atoms with E-state index in [0.29, 0.717) is 5.92 Å². The third kappa shape index (κ3) is 4.53. The zero-order valence-corrected chi connectivity index (χ0v) is 18.7. The number of rotatable bonds is 7. The van der Waals surface area contributed by atoms with Crippen molar-refractivity contribution in [3.8, 4) is 22.3 Å². The zero-order chi connectivity index (χ0) is 20.8. The Morgan fingerprint density at radius 3 is 2.07 bits per heavy atom. The van der Waals surface area contributed by atoms with Gasteiger partial charge in [-0.2, -0.15) is 0 Å². The Kier molecular flexibility index (Phi) is 7.05. The Hall–Kier alpha value is -2.34. The molecule has 0 nitrogen and oxygen atoms in total. The van der Waals surface area contributed by atoms with Gasteiger partial charge in [-0.15, -0.1) is 0 Å². The molecule has 0 aliphatic heterocycles. The summed E-state index contributed by atoms with van der Waals surface area (Å²) >= 11 is 0. The van der Waals surface area contributed by atoms with Gasteiger partial charge in [-0.1, -0.05) is 125 Å². The minimum Gasteiger partial charge on any atom is -0.0654 e. The van der Waals surface area contributed by atoms with Crippen LogP contribution in [0.5, 0.6) is 0 Å². The molecule has 0 saturated heterocycles. The monoisotopic (exact) mass is 396 g/mol. The van der Waals surface area contributed by atoms with Crippen molar-refractivity contribution in [3.63, 3.8) is 0 Å². The van der Waals surface area contributed by atoms with Crippen LogP contribution in [0.2, 0.25) is 0 Å². The lowest BCUT2D eigenvalue weighted by molar-refractivity contribution is 0.185. The van der Waals surface area contributed by atoms with Gasteiger partial charge in [-0.3, -0.25) is 0 Å². The minimum absolute atomic E-state index is 0.673. The second-order valence-electron chi connectivity index (χ2n) is 9.04. The Labute approximate surface area is 183 Å². The quantitative estimate of drug-likeness (QED) is 0.373. The fourth-order valence-corrected chi connectivity index (χ4v) is 5.80. The second-order valence-corrected chi connectivity index (χ2v) is 9.04. The van der Waals surface area contributed by atoms with Crippen molar-refractivity contribution in [2.75, 3.05) is 0 Å². The van der Waals surface area contributed by atoms with Crippen molar-refractivity contribution in [2.45, 2.75) is 64.7 Å². The van der Waals surface area contributed by atoms with Gasteiger partial charge in [0.05, 0.1) is 0 Å². The molecule has 1 saturated carbocycles. The summed E-state index contributed by atoms with van der Waals surface area (Å²) < 4.78 is 0. The molecule has 30 heavy (non-hydrogen) atoms. The summed E-state index contributed by atoms with van der Waals surface area (Å²) in [4.78, 5) is 0. The molecule has 3 aromatic rings. The summed E-state index contributed by atoms with van der Waals surface area (Å²) in [5, 5.41) is 0. The van der Waals surface area contributed by atoms with Gasteiger partial charge >= 0.3 is 0 Å². The summed E-state index contributed by atoms with van der Waals surface area (Å²) in [6.07, 6.45) is 9.64. The van der Waals surface area contributed by atoms with Gasteiger partial charge in [0.25, 0.3) is 0 Å². The summed E-state index contributed by atoms with van der Waals surface area (Å²) in [6, 6.07) is 29.1. The summed E-state index contributed by atoms with van der Waals surface area (Å²) in [7, 11) is 0. The van der Waals surface area contributed by atoms with Crippen molar-refractivity contribution in [2.24, 2.45) is 11.8 Å². The van der Waals surface area contributed by atoms with Gasteiger partial charge < -0.3 is 0 Å². The molecule has 0 bridgehead atoms. The van der Waals surface area contributed by atoms with Crippen LogP contribution in [0.4, 0.5) is 0 Å². The highest BCUT2D eigenvalue weighted by molar-refractivity contribution is 5.72. The fourth-order valence-electron chi connectivity index (χ4n) is 5.80. The summed E-state index contributed by atoms with van der Waals surface area (Å²) in [5.41, 5.74) is 6.93. The molecule has 3 atom stereocenters. The number of hydrogen-bond acceptors (Lipinski definition) is 0. The maximum absolute atomic E-state index is 2.41. The smallest absolute Gasteiger partial charge is 0.0127 e. The van der Waals surface area contributed by atoms with Crippen LogP contribution in [-0.2, 0) is 0 Å². The molecule has 3 aromatic carbocycles. The van der Waals surface area contributed by atoms with E-state index in [1.165, 1.54) is 67.2 Å². The van der Waals surface area contributed by atoms with E-state index >= 15 is 0 Å². The molecule has 0 heteroatoms. The Morgan fingerprint density at radius 2 is 1.33 bits per heavy atom. The van der Waals surface area contributed by atoms with Gasteiger partial charge in [0.1, 0.15) is 0 Å². The normalized spacial score (nSPS) is 20.1. The van der Waals surface area contributed by atoms with E-state index < -0.39 is 0 Å². The van der Waals surface area contributed by atoms with Gasteiger partial charge in [0, 0.05) is 0 Å². The highest BCUT2D eigenvalue weighted by Crippen LogP contribution is 2.45. The average Bonchev–Trinajstić information content (AvgIpc) is 2.82. The number of hydrogen-bond donors (Lipinski definition) is 0. The fraction of sp³-hybridized carbons (Fsp3) is 0.400. The molecule has 0 amide bonds. The van der Waals surface area contributed by atoms with Crippen molar-refractivity contribution in [3.05, 3.63) is 84.4 Å². The SMILES string of the molecule is CCCC1CCCCC1C(CC)c1ccccc1-c1ccc(-c2ccccc2)cc1. The van der Waals surface area contributed by atoms with Crippen LogP contribution in [-0.4, -0.2) is 0 Å². The summed E-state index contributed by atoms with van der Waals surface area (Å²) in [6.45, 7) is 4.76. The largest absolute Gasteiger partial charge is 0.0654 e. The first-order valence-electron chi connectivity index (χ1n) is 12.1. The Balaban J connectivity index is 1.66. The molecule has 1 fully saturated rings. The predicted molar refractivity (Wildman–Crippen MR) is 131 cm³/mol. The standard InChI is InChI=1S/C30H36/c1-3-12-25-15-8-9-16-28(25)27(4-2)30-18-11-10-17-29(30)26-21-19-24(20-22-26)23-13-6-5-7-14-23/h5-7,10-11,13-14,17-22,25,27-28H,3-4,8-9,12,15-16H2,1-2H3. The van der Waals surface area contributed by atoms with Crippen LogP contribution in [0.25, 0.3) is 22.3 Å². The molecule has 0 N–H and O–H groups in total. The van der Waals surface area contributed by atoms with Crippen molar-refractivity contribution in [1.82, 2.24) is 0 Å². The predicted octanol–water partition coefficient (Wildman–Crippen LogP) is 9.12. The van der Waals surface area contributed by atoms with E-state index in [9.17, 15) is 0 Å². The van der Waals surface area contributed by atoms with E-state index in [1.807, 2.05) is 0 Å². The van der Waals surface area contributed by atoms with E-state index in [2.05, 4.69) is 92.7 Å². The van der Waals surface area contributed by atoms with Crippen LogP contribution in [0.3, 0.4) is 0 Å². The van der Waals surface area contributed by atoms with Gasteiger partial charge in [-0.05, 0) is 58.4 Å². The summed E-state index contributed by atoms with van der Waals surface area (Å²) in [5.74, 6) is 2.42. The first-order valence-corrected chi connectivity index (χ1v) is 12.1. The molecule has 0 spiro atoms. The van der Waals surface area contributed by atoms with Crippen molar-refractivity contribution >= 4 is 0 Å². The maximum atomic E-state index is 2.41. The average molecular weight is 397 g/mol. The first kappa shape index (κ1) is 20.9. The molecule has 156 valence electrons. The van der Waals surface area contributed by atoms with Gasteiger partial charge in [0.15, 0.2) is 0 Å². The number of benzene rings is 3. The third-order valence-electron chi connectivity index (χ3n) is 7.25. The molecule has 4 rings (SSSR count). The van der Waals surface area contributed by atoms with E-state index in [0.717, 1.165) is 11.8 Å². The van der Waals surface area contributed by atoms with Crippen LogP contribution in [0, 0.1) is 11.8 Å². The lowest BCUT2D eigenvalue weighted by Crippen LogP contribution is -2.26. The van der Waals surface area contributed by atoms with Crippen LogP contribution in [0.15, 0.2) is 78.9 Å². The van der Waals surface area contributed by atoms with E-state index in [1.54, 1.807) is 5.56 Å². The second kappa shape index (κ2) is 10.1. The maximum Gasteiger partial charge on any atom is -0.0127 e. The molecule has 0 radical (unpaired) electrons. The van der Waals surface area contributed by atoms with Crippen LogP contribution < -0.4 is 0 Å².